The lowest BCUT2D eigenvalue weighted by molar-refractivity contribution is 0.282. The van der Waals surface area contributed by atoms with Crippen molar-refractivity contribution in [3.63, 3.8) is 0 Å². The van der Waals surface area contributed by atoms with Crippen molar-refractivity contribution in [1.29, 1.82) is 0 Å². The molecule has 1 nitrogen and oxygen atoms in total. The van der Waals surface area contributed by atoms with E-state index in [0.29, 0.717) is 0 Å². The van der Waals surface area contributed by atoms with Gasteiger partial charge in [-0.2, -0.15) is 0 Å². The van der Waals surface area contributed by atoms with E-state index in [1.54, 1.807) is 0 Å². The van der Waals surface area contributed by atoms with Gasteiger partial charge in [0, 0.05) is 5.33 Å². The Bertz CT molecular complexity index is 318. The fraction of sp³-hybridized carbons (Fsp3) is 0.333. The van der Waals surface area contributed by atoms with Crippen LogP contribution in [0.1, 0.15) is 23.1 Å². The fourth-order valence-corrected chi connectivity index (χ4v) is 1.51. The molecule has 76 valence electrons. The van der Waals surface area contributed by atoms with Crippen LogP contribution in [-0.2, 0) is 6.61 Å². The van der Waals surface area contributed by atoms with Gasteiger partial charge in [0.05, 0.1) is 6.61 Å². The average Bonchev–Trinajstić information content (AvgIpc) is 2.21. The molecule has 0 saturated heterocycles. The minimum Gasteiger partial charge on any atom is -0.392 e. The molecule has 0 heterocycles. The van der Waals surface area contributed by atoms with E-state index in [2.05, 4.69) is 35.0 Å². The maximum absolute atomic E-state index is 8.99. The van der Waals surface area contributed by atoms with Crippen molar-refractivity contribution in [3.05, 3.63) is 41.0 Å². The van der Waals surface area contributed by atoms with E-state index >= 15 is 0 Å². The summed E-state index contributed by atoms with van der Waals surface area (Å²) < 4.78 is 0. The van der Waals surface area contributed by atoms with Crippen molar-refractivity contribution in [2.45, 2.75) is 20.0 Å². The monoisotopic (exact) mass is 254 g/mol. The van der Waals surface area contributed by atoms with Gasteiger partial charge >= 0.3 is 0 Å². The largest absolute Gasteiger partial charge is 0.392 e. The Balaban J connectivity index is 2.83. The molecular weight excluding hydrogens is 240 g/mol. The van der Waals surface area contributed by atoms with Gasteiger partial charge in [0.15, 0.2) is 0 Å². The van der Waals surface area contributed by atoms with Crippen LogP contribution in [-0.4, -0.2) is 10.4 Å². The number of hydrogen-bond acceptors (Lipinski definition) is 1. The molecule has 0 spiro atoms. The zero-order chi connectivity index (χ0) is 10.4. The lowest BCUT2D eigenvalue weighted by Crippen LogP contribution is -1.87. The third-order valence-electron chi connectivity index (χ3n) is 2.10. The third-order valence-corrected chi connectivity index (χ3v) is 2.56. The normalized spacial score (nSPS) is 11.1. The molecular formula is C12H15BrO. The van der Waals surface area contributed by atoms with Crippen molar-refractivity contribution < 1.29 is 5.11 Å². The van der Waals surface area contributed by atoms with Gasteiger partial charge in [-0.25, -0.2) is 0 Å². The van der Waals surface area contributed by atoms with Gasteiger partial charge < -0.3 is 5.11 Å². The minimum absolute atomic E-state index is 0.111. The summed E-state index contributed by atoms with van der Waals surface area (Å²) in [5.74, 6) is 0. The van der Waals surface area contributed by atoms with E-state index in [1.165, 1.54) is 11.1 Å². The molecule has 1 rings (SSSR count). The molecule has 0 unspecified atom stereocenters. The third kappa shape index (κ3) is 3.28. The smallest absolute Gasteiger partial charge is 0.0682 e. The Labute approximate surface area is 93.6 Å². The van der Waals surface area contributed by atoms with E-state index < -0.39 is 0 Å². The van der Waals surface area contributed by atoms with Crippen LogP contribution in [0.2, 0.25) is 0 Å². The van der Waals surface area contributed by atoms with Crippen molar-refractivity contribution in [1.82, 2.24) is 0 Å². The van der Waals surface area contributed by atoms with Crippen LogP contribution >= 0.6 is 15.9 Å². The number of aliphatic hydroxyl groups is 1. The van der Waals surface area contributed by atoms with Gasteiger partial charge in [-0.05, 0) is 36.1 Å². The van der Waals surface area contributed by atoms with Crippen LogP contribution in [0.25, 0.3) is 6.08 Å². The second-order valence-electron chi connectivity index (χ2n) is 3.23. The highest BCUT2D eigenvalue weighted by atomic mass is 79.9. The molecule has 0 atom stereocenters. The molecule has 0 fully saturated rings. The Morgan fingerprint density at radius 2 is 2.21 bits per heavy atom. The molecule has 1 aromatic rings. The van der Waals surface area contributed by atoms with Gasteiger partial charge in [0.2, 0.25) is 0 Å². The van der Waals surface area contributed by atoms with E-state index in [-0.39, 0.29) is 6.61 Å². The lowest BCUT2D eigenvalue weighted by atomic mass is 10.0. The van der Waals surface area contributed by atoms with E-state index in [1.807, 2.05) is 18.2 Å². The summed E-state index contributed by atoms with van der Waals surface area (Å²) in [6, 6.07) is 6.02. The highest BCUT2D eigenvalue weighted by Gasteiger charge is 1.95. The number of benzene rings is 1. The van der Waals surface area contributed by atoms with Gasteiger partial charge in [0.25, 0.3) is 0 Å². The molecule has 0 bridgehead atoms. The quantitative estimate of drug-likeness (QED) is 0.818. The van der Waals surface area contributed by atoms with Crippen LogP contribution < -0.4 is 0 Å². The van der Waals surface area contributed by atoms with Crippen LogP contribution in [0.15, 0.2) is 24.3 Å². The SMILES string of the molecule is Cc1ccc(CO)cc1C=CCCBr. The number of aryl methyl sites for hydroxylation is 1. The Morgan fingerprint density at radius 3 is 2.86 bits per heavy atom. The van der Waals surface area contributed by atoms with E-state index in [0.717, 1.165) is 17.3 Å². The number of halogens is 1. The van der Waals surface area contributed by atoms with E-state index in [9.17, 15) is 0 Å². The highest BCUT2D eigenvalue weighted by Crippen LogP contribution is 2.13. The summed E-state index contributed by atoms with van der Waals surface area (Å²) in [6.07, 6.45) is 5.27. The van der Waals surface area contributed by atoms with Crippen LogP contribution in [0, 0.1) is 6.92 Å². The fourth-order valence-electron chi connectivity index (χ4n) is 1.24. The van der Waals surface area contributed by atoms with Crippen LogP contribution in [0.4, 0.5) is 0 Å². The highest BCUT2D eigenvalue weighted by molar-refractivity contribution is 9.09. The summed E-state index contributed by atoms with van der Waals surface area (Å²) in [4.78, 5) is 0. The second-order valence-corrected chi connectivity index (χ2v) is 4.02. The maximum atomic E-state index is 8.99. The molecule has 1 aromatic carbocycles. The van der Waals surface area contributed by atoms with Gasteiger partial charge in [-0.1, -0.05) is 40.2 Å². The van der Waals surface area contributed by atoms with Crippen LogP contribution in [0.3, 0.4) is 0 Å². The van der Waals surface area contributed by atoms with Crippen molar-refractivity contribution in [2.75, 3.05) is 5.33 Å². The average molecular weight is 255 g/mol. The molecule has 0 radical (unpaired) electrons. The number of rotatable bonds is 4. The first kappa shape index (κ1) is 11.5. The first-order chi connectivity index (χ1) is 6.77. The Kier molecular flexibility index (Phi) is 4.91. The summed E-state index contributed by atoms with van der Waals surface area (Å²) in [5, 5.41) is 9.98. The molecule has 1 N–H and O–H groups in total. The molecule has 14 heavy (non-hydrogen) atoms. The first-order valence-corrected chi connectivity index (χ1v) is 5.83. The summed E-state index contributed by atoms with van der Waals surface area (Å²) in [6.45, 7) is 2.19. The predicted molar refractivity (Wildman–Crippen MR) is 64.5 cm³/mol. The topological polar surface area (TPSA) is 20.2 Å². The molecule has 2 heteroatoms. The summed E-state index contributed by atoms with van der Waals surface area (Å²) in [7, 11) is 0. The number of allylic oxidation sites excluding steroid dienone is 1. The summed E-state index contributed by atoms with van der Waals surface area (Å²) in [5.41, 5.74) is 3.40. The van der Waals surface area contributed by atoms with Crippen LogP contribution in [0.5, 0.6) is 0 Å². The minimum atomic E-state index is 0.111. The molecule has 0 aliphatic heterocycles. The predicted octanol–water partition coefficient (Wildman–Crippen LogP) is 3.29. The van der Waals surface area contributed by atoms with Crippen molar-refractivity contribution in [3.8, 4) is 0 Å². The number of hydrogen-bond donors (Lipinski definition) is 1. The Morgan fingerprint density at radius 1 is 1.43 bits per heavy atom. The van der Waals surface area contributed by atoms with Crippen molar-refractivity contribution >= 4 is 22.0 Å². The lowest BCUT2D eigenvalue weighted by Gasteiger charge is -2.02. The molecule has 0 aliphatic carbocycles. The first-order valence-electron chi connectivity index (χ1n) is 4.71. The zero-order valence-electron chi connectivity index (χ0n) is 8.33. The van der Waals surface area contributed by atoms with Crippen molar-refractivity contribution in [2.24, 2.45) is 0 Å². The van der Waals surface area contributed by atoms with Gasteiger partial charge in [-0.15, -0.1) is 0 Å². The standard InChI is InChI=1S/C12H15BrO/c1-10-5-6-11(9-14)8-12(10)4-2-3-7-13/h2,4-6,8,14H,3,7,9H2,1H3. The molecule has 0 aromatic heterocycles. The molecule has 0 saturated carbocycles. The van der Waals surface area contributed by atoms with Gasteiger partial charge in [-0.3, -0.25) is 0 Å². The number of aliphatic hydroxyl groups excluding tert-OH is 1. The molecule has 0 amide bonds. The van der Waals surface area contributed by atoms with E-state index in [4.69, 9.17) is 5.11 Å². The number of alkyl halides is 1. The maximum Gasteiger partial charge on any atom is 0.0682 e. The Hall–Kier alpha value is -0.600. The molecule has 0 aliphatic rings. The second kappa shape index (κ2) is 5.99. The zero-order valence-corrected chi connectivity index (χ0v) is 9.92. The van der Waals surface area contributed by atoms with Gasteiger partial charge in [0.1, 0.15) is 0 Å². The summed E-state index contributed by atoms with van der Waals surface area (Å²) >= 11 is 3.38.